The first-order valence-corrected chi connectivity index (χ1v) is 14.8. The molecule has 8 nitrogen and oxygen atoms in total. The number of hydrogen-bond donors (Lipinski definition) is 1. The van der Waals surface area contributed by atoms with Crippen LogP contribution in [0.1, 0.15) is 64.4 Å². The van der Waals surface area contributed by atoms with Gasteiger partial charge in [0.05, 0.1) is 32.4 Å². The van der Waals surface area contributed by atoms with E-state index in [1.54, 1.807) is 13.8 Å². The molecule has 0 unspecified atom stereocenters. The summed E-state index contributed by atoms with van der Waals surface area (Å²) in [6, 6.07) is 9.12. The number of aryl methyl sites for hydroxylation is 1. The van der Waals surface area contributed by atoms with E-state index in [1.165, 1.54) is 5.57 Å². The van der Waals surface area contributed by atoms with Crippen molar-refractivity contribution < 1.29 is 28.7 Å². The summed E-state index contributed by atoms with van der Waals surface area (Å²) in [4.78, 5) is 55.0. The van der Waals surface area contributed by atoms with Gasteiger partial charge in [-0.3, -0.25) is 24.1 Å². The number of ketones is 3. The molecular formula is C32H44N2O6. The molecule has 2 saturated heterocycles. The van der Waals surface area contributed by atoms with Gasteiger partial charge < -0.3 is 14.8 Å². The highest BCUT2D eigenvalue weighted by molar-refractivity contribution is 5.97. The fourth-order valence-corrected chi connectivity index (χ4v) is 5.65. The molecule has 0 aromatic heterocycles. The van der Waals surface area contributed by atoms with Gasteiger partial charge in [0.2, 0.25) is 5.91 Å². The molecule has 2 fully saturated rings. The van der Waals surface area contributed by atoms with Crippen LogP contribution in [0.2, 0.25) is 0 Å². The van der Waals surface area contributed by atoms with Crippen LogP contribution in [-0.2, 0) is 35.1 Å². The summed E-state index contributed by atoms with van der Waals surface area (Å²) >= 11 is 0. The number of nitrogens with one attached hydrogen (secondary N) is 1. The zero-order chi connectivity index (χ0) is 28.5. The highest BCUT2D eigenvalue weighted by Gasteiger charge is 2.50. The van der Waals surface area contributed by atoms with Crippen molar-refractivity contribution in [2.45, 2.75) is 76.9 Å². The molecule has 0 saturated carbocycles. The number of rotatable bonds is 16. The largest absolute Gasteiger partial charge is 0.379 e. The lowest BCUT2D eigenvalue weighted by molar-refractivity contribution is -0.134. The Bertz CT molecular complexity index is 1070. The van der Waals surface area contributed by atoms with Gasteiger partial charge in [-0.25, -0.2) is 0 Å². The van der Waals surface area contributed by atoms with E-state index in [2.05, 4.69) is 11.4 Å². The van der Waals surface area contributed by atoms with Crippen LogP contribution in [0.15, 0.2) is 42.0 Å². The lowest BCUT2D eigenvalue weighted by atomic mass is 9.83. The van der Waals surface area contributed by atoms with Crippen LogP contribution < -0.4 is 5.32 Å². The molecule has 1 aromatic rings. The molecule has 0 radical (unpaired) electrons. The molecule has 4 atom stereocenters. The number of carbonyl (C=O) groups excluding carboxylic acids is 4. The van der Waals surface area contributed by atoms with Crippen LogP contribution in [0.4, 0.5) is 0 Å². The van der Waals surface area contributed by atoms with Crippen LogP contribution >= 0.6 is 0 Å². The number of carbonyl (C=O) groups is 4. The fourth-order valence-electron chi connectivity index (χ4n) is 5.65. The SMILES string of the molecule is C[C@H](CC(=O)CN1CCOCC1)C(=O)N[C@@H](CCc1ccccc1)C(=O)C[C@@H](CC1=CCCC1)C(=O)[C@@]1(C)CO1. The van der Waals surface area contributed by atoms with Crippen molar-refractivity contribution in [2.75, 3.05) is 39.5 Å². The standard InChI is InChI=1S/C32H44N2O6/c1-23(18-27(35)21-34-14-16-39-17-15-34)31(38)33-28(13-12-24-8-4-3-5-9-24)29(36)20-26(19-25-10-6-7-11-25)30(37)32(2)22-40-32/h3-5,8-10,23,26,28H,6-7,11-22H2,1-2H3,(H,33,38)/t23-,26-,28+,32-/m1/s1. The van der Waals surface area contributed by atoms with Crippen LogP contribution in [0.5, 0.6) is 0 Å². The summed E-state index contributed by atoms with van der Waals surface area (Å²) in [6.45, 7) is 6.86. The van der Waals surface area contributed by atoms with Gasteiger partial charge in [-0.1, -0.05) is 48.9 Å². The number of morpholine rings is 1. The van der Waals surface area contributed by atoms with Gasteiger partial charge in [0, 0.05) is 37.8 Å². The highest BCUT2D eigenvalue weighted by Crippen LogP contribution is 2.35. The maximum atomic E-state index is 13.7. The molecule has 1 aliphatic carbocycles. The number of hydrogen-bond acceptors (Lipinski definition) is 7. The summed E-state index contributed by atoms with van der Waals surface area (Å²) in [7, 11) is 0. The van der Waals surface area contributed by atoms with Crippen molar-refractivity contribution in [3.8, 4) is 0 Å². The Balaban J connectivity index is 1.40. The third kappa shape index (κ3) is 8.91. The Morgan fingerprint density at radius 1 is 1.07 bits per heavy atom. The molecule has 3 aliphatic rings. The Labute approximate surface area is 237 Å². The number of nitrogens with zero attached hydrogens (tertiary/aromatic N) is 1. The van der Waals surface area contributed by atoms with E-state index in [9.17, 15) is 19.2 Å². The molecule has 218 valence electrons. The minimum Gasteiger partial charge on any atom is -0.379 e. The number of Topliss-reactive ketones (excluding diaryl/α,β-unsaturated/α-hetero) is 3. The van der Waals surface area contributed by atoms with Crippen LogP contribution in [0.25, 0.3) is 0 Å². The van der Waals surface area contributed by atoms with Crippen molar-refractivity contribution in [2.24, 2.45) is 11.8 Å². The summed E-state index contributed by atoms with van der Waals surface area (Å²) in [6.07, 6.45) is 7.03. The normalized spacial score (nSPS) is 23.1. The van der Waals surface area contributed by atoms with E-state index < -0.39 is 23.5 Å². The molecule has 40 heavy (non-hydrogen) atoms. The predicted molar refractivity (Wildman–Crippen MR) is 152 cm³/mol. The van der Waals surface area contributed by atoms with Crippen LogP contribution in [0.3, 0.4) is 0 Å². The van der Waals surface area contributed by atoms with Crippen molar-refractivity contribution in [3.63, 3.8) is 0 Å². The average molecular weight is 553 g/mol. The van der Waals surface area contributed by atoms with E-state index >= 15 is 0 Å². The first-order chi connectivity index (χ1) is 19.2. The van der Waals surface area contributed by atoms with Gasteiger partial charge in [0.1, 0.15) is 11.4 Å². The fraction of sp³-hybridized carbons (Fsp3) is 0.625. The van der Waals surface area contributed by atoms with Gasteiger partial charge in [-0.15, -0.1) is 0 Å². The number of amides is 1. The predicted octanol–water partition coefficient (Wildman–Crippen LogP) is 3.47. The summed E-state index contributed by atoms with van der Waals surface area (Å²) in [5, 5.41) is 2.96. The van der Waals surface area contributed by atoms with Gasteiger partial charge in [-0.2, -0.15) is 0 Å². The second-order valence-corrected chi connectivity index (χ2v) is 11.8. The molecule has 1 amide bonds. The molecule has 1 N–H and O–H groups in total. The van der Waals surface area contributed by atoms with E-state index in [-0.39, 0.29) is 36.1 Å². The Hall–Kier alpha value is -2.68. The maximum absolute atomic E-state index is 13.7. The zero-order valence-corrected chi connectivity index (χ0v) is 24.0. The van der Waals surface area contributed by atoms with Crippen molar-refractivity contribution in [3.05, 3.63) is 47.5 Å². The van der Waals surface area contributed by atoms with Crippen molar-refractivity contribution in [1.29, 1.82) is 0 Å². The quantitative estimate of drug-likeness (QED) is 0.247. The number of ether oxygens (including phenoxy) is 2. The van der Waals surface area contributed by atoms with Crippen molar-refractivity contribution in [1.82, 2.24) is 10.2 Å². The van der Waals surface area contributed by atoms with E-state index in [0.717, 1.165) is 24.8 Å². The average Bonchev–Trinajstić information content (AvgIpc) is 3.49. The maximum Gasteiger partial charge on any atom is 0.223 e. The minimum absolute atomic E-state index is 0.00453. The second kappa shape index (κ2) is 14.3. The van der Waals surface area contributed by atoms with Crippen LogP contribution in [-0.4, -0.2) is 79.3 Å². The van der Waals surface area contributed by atoms with Crippen molar-refractivity contribution >= 4 is 23.3 Å². The molecule has 8 heteroatoms. The highest BCUT2D eigenvalue weighted by atomic mass is 16.6. The molecule has 4 rings (SSSR count). The van der Waals surface area contributed by atoms with E-state index in [1.807, 2.05) is 35.2 Å². The minimum atomic E-state index is -0.803. The van der Waals surface area contributed by atoms with Crippen LogP contribution in [0, 0.1) is 11.8 Å². The van der Waals surface area contributed by atoms with Gasteiger partial charge in [0.15, 0.2) is 11.6 Å². The van der Waals surface area contributed by atoms with E-state index in [4.69, 9.17) is 9.47 Å². The zero-order valence-electron chi connectivity index (χ0n) is 24.0. The summed E-state index contributed by atoms with van der Waals surface area (Å²) in [5.41, 5.74) is 1.50. The first kappa shape index (κ1) is 30.3. The lowest BCUT2D eigenvalue weighted by Gasteiger charge is -2.26. The number of allylic oxidation sites excluding steroid dienone is 2. The van der Waals surface area contributed by atoms with Gasteiger partial charge in [0.25, 0.3) is 0 Å². The number of epoxide rings is 1. The van der Waals surface area contributed by atoms with E-state index in [0.29, 0.717) is 58.7 Å². The third-order valence-corrected chi connectivity index (χ3v) is 8.32. The second-order valence-electron chi connectivity index (χ2n) is 11.8. The molecule has 2 heterocycles. The molecule has 1 aromatic carbocycles. The molecule has 0 spiro atoms. The topological polar surface area (TPSA) is 105 Å². The third-order valence-electron chi connectivity index (χ3n) is 8.32. The molecular weight excluding hydrogens is 508 g/mol. The van der Waals surface area contributed by atoms with Gasteiger partial charge in [-0.05, 0) is 51.0 Å². The lowest BCUT2D eigenvalue weighted by Crippen LogP contribution is -2.45. The number of benzene rings is 1. The summed E-state index contributed by atoms with van der Waals surface area (Å²) < 4.78 is 10.8. The molecule has 2 aliphatic heterocycles. The Morgan fingerprint density at radius 3 is 2.45 bits per heavy atom. The van der Waals surface area contributed by atoms with Gasteiger partial charge >= 0.3 is 0 Å². The Kier molecular flexibility index (Phi) is 10.8. The first-order valence-electron chi connectivity index (χ1n) is 14.8. The Morgan fingerprint density at radius 2 is 1.80 bits per heavy atom. The summed E-state index contributed by atoms with van der Waals surface area (Å²) in [5.74, 6) is -1.49. The smallest absolute Gasteiger partial charge is 0.223 e. The monoisotopic (exact) mass is 552 g/mol. The molecule has 0 bridgehead atoms.